The number of carbonyl (C=O) groups excluding carboxylic acids is 1. The van der Waals surface area contributed by atoms with E-state index in [9.17, 15) is 26.4 Å². The van der Waals surface area contributed by atoms with E-state index in [-0.39, 0.29) is 15.7 Å². The number of carbonyl (C=O) groups is 1. The summed E-state index contributed by atoms with van der Waals surface area (Å²) in [7, 11) is -4.33. The topological polar surface area (TPSA) is 92.3 Å². The average molecular weight is 489 g/mol. The predicted molar refractivity (Wildman–Crippen MR) is 113 cm³/mol. The van der Waals surface area contributed by atoms with Gasteiger partial charge in [-0.1, -0.05) is 47.4 Å². The highest BCUT2D eigenvalue weighted by molar-refractivity contribution is 8.00. The van der Waals surface area contributed by atoms with Crippen LogP contribution in [0.2, 0.25) is 0 Å². The monoisotopic (exact) mass is 488 g/mol. The number of nitrogens with zero attached hydrogens (tertiary/aromatic N) is 3. The molecular weight excluding hydrogens is 473 g/mol. The van der Waals surface area contributed by atoms with Crippen LogP contribution in [0.1, 0.15) is 5.56 Å². The number of benzene rings is 2. The van der Waals surface area contributed by atoms with E-state index in [1.807, 2.05) is 0 Å². The van der Waals surface area contributed by atoms with E-state index >= 15 is 0 Å². The normalized spacial score (nSPS) is 11.9. The molecular formula is C18H15F3N4O3S3. The van der Waals surface area contributed by atoms with E-state index in [4.69, 9.17) is 0 Å². The molecule has 0 aliphatic carbocycles. The van der Waals surface area contributed by atoms with Gasteiger partial charge in [0, 0.05) is 0 Å². The Bertz CT molecular complexity index is 1170. The van der Waals surface area contributed by atoms with Crippen LogP contribution in [0.5, 0.6) is 0 Å². The molecule has 164 valence electrons. The van der Waals surface area contributed by atoms with Gasteiger partial charge < -0.3 is 0 Å². The van der Waals surface area contributed by atoms with Gasteiger partial charge in [-0.05, 0) is 36.6 Å². The number of rotatable bonds is 7. The fraction of sp³-hybridized carbons (Fsp3) is 0.167. The number of hydrogen-bond donors (Lipinski definition) is 1. The highest BCUT2D eigenvalue weighted by atomic mass is 32.2. The average Bonchev–Trinajstić information content (AvgIpc) is 3.19. The smallest absolute Gasteiger partial charge is 0.299 e. The van der Waals surface area contributed by atoms with Crippen LogP contribution in [-0.4, -0.2) is 37.3 Å². The summed E-state index contributed by atoms with van der Waals surface area (Å²) >= 11 is 2.40. The Morgan fingerprint density at radius 2 is 1.84 bits per heavy atom. The Balaban J connectivity index is 1.98. The molecule has 1 N–H and O–H groups in total. The molecule has 0 saturated heterocycles. The van der Waals surface area contributed by atoms with Gasteiger partial charge in [-0.15, -0.1) is 10.2 Å². The van der Waals surface area contributed by atoms with Gasteiger partial charge >= 0.3 is 6.18 Å². The summed E-state index contributed by atoms with van der Waals surface area (Å²) in [5.74, 6) is -0.777. The van der Waals surface area contributed by atoms with Gasteiger partial charge in [0.25, 0.3) is 10.0 Å². The molecule has 0 fully saturated rings. The van der Waals surface area contributed by atoms with Crippen molar-refractivity contribution >= 4 is 49.8 Å². The Morgan fingerprint density at radius 3 is 2.45 bits per heavy atom. The van der Waals surface area contributed by atoms with Gasteiger partial charge in [0.05, 0.1) is 16.1 Å². The lowest BCUT2D eigenvalue weighted by Crippen LogP contribution is -2.38. The van der Waals surface area contributed by atoms with Crippen LogP contribution in [0, 0.1) is 0 Å². The number of amides is 1. The second-order valence-corrected chi connectivity index (χ2v) is 9.89. The number of nitrogens with one attached hydrogen (secondary N) is 1. The van der Waals surface area contributed by atoms with E-state index in [1.165, 1.54) is 42.1 Å². The zero-order valence-corrected chi connectivity index (χ0v) is 18.3. The maximum Gasteiger partial charge on any atom is 0.416 e. The number of thioether (sulfide) groups is 1. The predicted octanol–water partition coefficient (Wildman–Crippen LogP) is 4.11. The lowest BCUT2D eigenvalue weighted by atomic mass is 10.2. The summed E-state index contributed by atoms with van der Waals surface area (Å²) < 4.78 is 67.1. The maximum atomic E-state index is 13.2. The third-order valence-electron chi connectivity index (χ3n) is 3.91. The summed E-state index contributed by atoms with van der Waals surface area (Å²) in [6, 6.07) is 10.9. The van der Waals surface area contributed by atoms with Crippen molar-refractivity contribution in [3.8, 4) is 0 Å². The molecule has 0 bridgehead atoms. The maximum absolute atomic E-state index is 13.2. The first-order chi connectivity index (χ1) is 14.6. The summed E-state index contributed by atoms with van der Waals surface area (Å²) in [5.41, 5.74) is -1.33. The van der Waals surface area contributed by atoms with Crippen molar-refractivity contribution in [3.63, 3.8) is 0 Å². The molecule has 3 aromatic rings. The number of alkyl halides is 3. The Hall–Kier alpha value is -2.64. The minimum Gasteiger partial charge on any atom is -0.299 e. The van der Waals surface area contributed by atoms with Crippen LogP contribution in [-0.2, 0) is 21.0 Å². The minimum absolute atomic E-state index is 0.149. The van der Waals surface area contributed by atoms with Gasteiger partial charge in [0.15, 0.2) is 4.34 Å². The first-order valence-electron chi connectivity index (χ1n) is 8.53. The SMILES string of the molecule is CSc1nnc(NC(=O)CN(c2cccc(C(F)(F)F)c2)S(=O)(=O)c2ccccc2)s1. The fourth-order valence-corrected chi connectivity index (χ4v) is 5.12. The number of halogens is 3. The molecule has 0 atom stereocenters. The van der Waals surface area contributed by atoms with Crippen molar-refractivity contribution in [1.29, 1.82) is 0 Å². The van der Waals surface area contributed by atoms with Crippen LogP contribution in [0.15, 0.2) is 63.8 Å². The molecule has 1 heterocycles. The van der Waals surface area contributed by atoms with Gasteiger partial charge in [-0.3, -0.25) is 14.4 Å². The minimum atomic E-state index is -4.68. The van der Waals surface area contributed by atoms with Crippen LogP contribution in [0.25, 0.3) is 0 Å². The lowest BCUT2D eigenvalue weighted by Gasteiger charge is -2.24. The first-order valence-corrected chi connectivity index (χ1v) is 12.0. The van der Waals surface area contributed by atoms with E-state index in [0.29, 0.717) is 14.7 Å². The van der Waals surface area contributed by atoms with E-state index in [2.05, 4.69) is 15.5 Å². The number of aromatic nitrogens is 2. The van der Waals surface area contributed by atoms with Gasteiger partial charge in [-0.25, -0.2) is 8.42 Å². The van der Waals surface area contributed by atoms with Crippen molar-refractivity contribution in [3.05, 3.63) is 60.2 Å². The van der Waals surface area contributed by atoms with Crippen LogP contribution < -0.4 is 9.62 Å². The number of anilines is 2. The van der Waals surface area contributed by atoms with E-state index in [0.717, 1.165) is 23.5 Å². The van der Waals surface area contributed by atoms with Crippen LogP contribution >= 0.6 is 23.1 Å². The van der Waals surface area contributed by atoms with Crippen molar-refractivity contribution in [2.24, 2.45) is 0 Å². The van der Waals surface area contributed by atoms with Gasteiger partial charge in [0.1, 0.15) is 6.54 Å². The standard InChI is InChI=1S/C18H15F3N4O3S3/c1-29-17-24-23-16(30-17)22-15(26)11-25(31(27,28)14-8-3-2-4-9-14)13-7-5-6-12(10-13)18(19,20)21/h2-10H,11H2,1H3,(H,22,23,26). The lowest BCUT2D eigenvalue weighted by molar-refractivity contribution is -0.137. The Morgan fingerprint density at radius 1 is 1.13 bits per heavy atom. The van der Waals surface area contributed by atoms with Gasteiger partial charge in [0.2, 0.25) is 11.0 Å². The molecule has 1 amide bonds. The molecule has 0 saturated carbocycles. The quantitative estimate of drug-likeness (QED) is 0.398. The summed E-state index contributed by atoms with van der Waals surface area (Å²) in [5, 5.41) is 10.2. The summed E-state index contributed by atoms with van der Waals surface area (Å²) in [6.07, 6.45) is -2.91. The second kappa shape index (κ2) is 9.24. The fourth-order valence-electron chi connectivity index (χ4n) is 2.50. The molecule has 7 nitrogen and oxygen atoms in total. The highest BCUT2D eigenvalue weighted by Gasteiger charge is 2.33. The molecule has 0 aliphatic rings. The number of sulfonamides is 1. The summed E-state index contributed by atoms with van der Waals surface area (Å²) in [6.45, 7) is -0.757. The highest BCUT2D eigenvalue weighted by Crippen LogP contribution is 2.33. The molecule has 13 heteroatoms. The second-order valence-electron chi connectivity index (χ2n) is 6.00. The molecule has 1 aromatic heterocycles. The van der Waals surface area contributed by atoms with Crippen molar-refractivity contribution in [2.45, 2.75) is 15.4 Å². The molecule has 0 spiro atoms. The van der Waals surface area contributed by atoms with Crippen LogP contribution in [0.4, 0.5) is 24.0 Å². The van der Waals surface area contributed by atoms with E-state index in [1.54, 1.807) is 12.3 Å². The Kier molecular flexibility index (Phi) is 6.86. The zero-order chi connectivity index (χ0) is 22.6. The Labute approximate surface area is 184 Å². The third kappa shape index (κ3) is 5.54. The largest absolute Gasteiger partial charge is 0.416 e. The van der Waals surface area contributed by atoms with Gasteiger partial charge in [-0.2, -0.15) is 13.2 Å². The van der Waals surface area contributed by atoms with Crippen molar-refractivity contribution in [2.75, 3.05) is 22.4 Å². The van der Waals surface area contributed by atoms with Crippen molar-refractivity contribution in [1.82, 2.24) is 10.2 Å². The third-order valence-corrected chi connectivity index (χ3v) is 7.51. The zero-order valence-electron chi connectivity index (χ0n) is 15.8. The van der Waals surface area contributed by atoms with Crippen molar-refractivity contribution < 1.29 is 26.4 Å². The molecule has 0 unspecified atom stereocenters. The molecule has 0 radical (unpaired) electrons. The first kappa shape index (κ1) is 23.0. The molecule has 31 heavy (non-hydrogen) atoms. The summed E-state index contributed by atoms with van der Waals surface area (Å²) in [4.78, 5) is 12.4. The number of hydrogen-bond acceptors (Lipinski definition) is 7. The molecule has 2 aromatic carbocycles. The molecule has 3 rings (SSSR count). The van der Waals surface area contributed by atoms with Crippen LogP contribution in [0.3, 0.4) is 0 Å². The van der Waals surface area contributed by atoms with E-state index < -0.39 is 34.2 Å². The molecule has 0 aliphatic heterocycles.